The van der Waals surface area contributed by atoms with Crippen molar-refractivity contribution in [1.82, 2.24) is 0 Å². The Hall–Kier alpha value is -3.01. The Morgan fingerprint density at radius 3 is 0.941 bits per heavy atom. The first-order chi connectivity index (χ1) is 41.6. The van der Waals surface area contributed by atoms with Crippen LogP contribution in [0.5, 0.6) is 0 Å². The summed E-state index contributed by atoms with van der Waals surface area (Å²) in [5.74, 6) is -1.98. The average molecular weight is 1200 g/mol. The number of carbonyl (C=O) groups excluding carboxylic acids is 2. The van der Waals surface area contributed by atoms with Crippen molar-refractivity contribution >= 4 is 17.9 Å². The molecule has 0 rings (SSSR count). The molecule has 2 atom stereocenters. The van der Waals surface area contributed by atoms with Gasteiger partial charge in [0.2, 0.25) is 0 Å². The van der Waals surface area contributed by atoms with Gasteiger partial charge in [-0.3, -0.25) is 9.59 Å². The summed E-state index contributed by atoms with van der Waals surface area (Å²) in [5.41, 5.74) is 0. The lowest BCUT2D eigenvalue weighted by Gasteiger charge is -2.25. The fourth-order valence-corrected chi connectivity index (χ4v) is 10.6. The highest BCUT2D eigenvalue weighted by Gasteiger charge is 2.25. The molecular formula is C76H140NO8+. The lowest BCUT2D eigenvalue weighted by molar-refractivity contribution is -0.870. The van der Waals surface area contributed by atoms with Crippen LogP contribution in [0.4, 0.5) is 0 Å². The molecule has 0 heterocycles. The molecule has 0 saturated heterocycles. The Balaban J connectivity index is 4.07. The van der Waals surface area contributed by atoms with Crippen molar-refractivity contribution < 1.29 is 42.9 Å². The number of quaternary nitrogens is 1. The van der Waals surface area contributed by atoms with E-state index < -0.39 is 18.4 Å². The Labute approximate surface area is 526 Å². The second-order valence-electron chi connectivity index (χ2n) is 25.9. The molecule has 0 bridgehead atoms. The van der Waals surface area contributed by atoms with Crippen LogP contribution in [0.3, 0.4) is 0 Å². The number of carboxylic acid groups (broad SMARTS) is 1. The van der Waals surface area contributed by atoms with E-state index in [0.717, 1.165) is 57.8 Å². The number of nitrogens with zero attached hydrogens (tertiary/aromatic N) is 1. The predicted molar refractivity (Wildman–Crippen MR) is 364 cm³/mol. The monoisotopic (exact) mass is 1200 g/mol. The van der Waals surface area contributed by atoms with E-state index >= 15 is 0 Å². The third-order valence-corrected chi connectivity index (χ3v) is 16.2. The van der Waals surface area contributed by atoms with Crippen molar-refractivity contribution in [2.75, 3.05) is 47.5 Å². The number of aliphatic carboxylic acids is 1. The van der Waals surface area contributed by atoms with Gasteiger partial charge >= 0.3 is 17.9 Å². The summed E-state index contributed by atoms with van der Waals surface area (Å²) in [6.45, 7) is 4.91. The number of likely N-dealkylation sites (N-methyl/N-ethyl adjacent to an activating group) is 1. The largest absolute Gasteiger partial charge is 0.477 e. The van der Waals surface area contributed by atoms with E-state index in [-0.39, 0.29) is 38.2 Å². The van der Waals surface area contributed by atoms with Gasteiger partial charge in [-0.25, -0.2) is 4.79 Å². The maximum atomic E-state index is 13.0. The van der Waals surface area contributed by atoms with Crippen molar-refractivity contribution in [2.24, 2.45) is 0 Å². The number of ether oxygens (including phenoxy) is 4. The molecule has 0 aliphatic heterocycles. The summed E-state index contributed by atoms with van der Waals surface area (Å²) in [4.78, 5) is 37.7. The zero-order chi connectivity index (χ0) is 61.9. The molecular weight excluding hydrogens is 1050 g/mol. The summed E-state index contributed by atoms with van der Waals surface area (Å²) in [6, 6.07) is 0. The first-order valence-corrected chi connectivity index (χ1v) is 36.5. The smallest absolute Gasteiger partial charge is 0.361 e. The molecule has 0 amide bonds. The third kappa shape index (κ3) is 68.3. The maximum absolute atomic E-state index is 13.0. The zero-order valence-electron chi connectivity index (χ0n) is 56.8. The number of hydrogen-bond donors (Lipinski definition) is 1. The standard InChI is InChI=1S/C76H139NO8/c1-6-8-10-12-14-16-18-20-22-24-26-28-30-32-34-36-37-39-41-43-45-47-49-51-53-55-57-59-61-63-65-67-74(79)85-72(71-84-76(75(80)81)82-69-68-77(3,4)5)70-83-73(78)66-64-62-60-58-56-54-52-50-48-46-44-42-40-38-35-33-31-29-27-25-23-21-19-17-15-13-11-9-7-2/h18-21,24-27,30,32,72,76H,6-17,22-23,28-29,31,33-71H2,1-5H3/p+1/b20-18-,21-19-,26-24-,27-25-,32-30-. The second-order valence-corrected chi connectivity index (χ2v) is 25.9. The van der Waals surface area contributed by atoms with Crippen LogP contribution in [0, 0.1) is 0 Å². The fourth-order valence-electron chi connectivity index (χ4n) is 10.6. The van der Waals surface area contributed by atoms with Crippen molar-refractivity contribution in [1.29, 1.82) is 0 Å². The van der Waals surface area contributed by atoms with Gasteiger partial charge in [0.05, 0.1) is 34.4 Å². The molecule has 0 saturated carbocycles. The van der Waals surface area contributed by atoms with E-state index in [0.29, 0.717) is 17.4 Å². The van der Waals surface area contributed by atoms with Gasteiger partial charge in [0.1, 0.15) is 13.2 Å². The molecule has 2 unspecified atom stereocenters. The van der Waals surface area contributed by atoms with Crippen LogP contribution in [-0.2, 0) is 33.3 Å². The van der Waals surface area contributed by atoms with Crippen LogP contribution in [-0.4, -0.2) is 87.4 Å². The molecule has 1 N–H and O–H groups in total. The molecule has 0 aliphatic carbocycles. The van der Waals surface area contributed by atoms with E-state index in [4.69, 9.17) is 18.9 Å². The highest BCUT2D eigenvalue weighted by Crippen LogP contribution is 2.18. The van der Waals surface area contributed by atoms with E-state index in [1.165, 1.54) is 263 Å². The highest BCUT2D eigenvalue weighted by atomic mass is 16.7. The van der Waals surface area contributed by atoms with Crippen LogP contribution in [0.1, 0.15) is 348 Å². The van der Waals surface area contributed by atoms with E-state index in [9.17, 15) is 19.5 Å². The third-order valence-electron chi connectivity index (χ3n) is 16.2. The van der Waals surface area contributed by atoms with Crippen molar-refractivity contribution in [3.8, 4) is 0 Å². The van der Waals surface area contributed by atoms with Crippen LogP contribution in [0.25, 0.3) is 0 Å². The maximum Gasteiger partial charge on any atom is 0.361 e. The van der Waals surface area contributed by atoms with Gasteiger partial charge in [-0.1, -0.05) is 312 Å². The number of rotatable bonds is 68. The van der Waals surface area contributed by atoms with Crippen molar-refractivity contribution in [3.05, 3.63) is 60.8 Å². The molecule has 9 nitrogen and oxygen atoms in total. The van der Waals surface area contributed by atoms with E-state index in [1.807, 2.05) is 21.1 Å². The van der Waals surface area contributed by atoms with Crippen molar-refractivity contribution in [2.45, 2.75) is 360 Å². The summed E-state index contributed by atoms with van der Waals surface area (Å²) in [6.07, 6.45) is 84.8. The van der Waals surface area contributed by atoms with Gasteiger partial charge in [-0.2, -0.15) is 0 Å². The van der Waals surface area contributed by atoms with Crippen LogP contribution in [0.2, 0.25) is 0 Å². The SMILES string of the molecule is CCCCCCC/C=C\C/C=C\C/C=C\CCCCCCCCCCCCCCCCCCC(=O)OC(COC(=O)CCCCCCCCCCCCCCCCCCC/C=C\C/C=C\CCCCCCC)COC(OCC[N+](C)(C)C)C(=O)O. The molecule has 0 spiro atoms. The molecule has 0 aromatic heterocycles. The summed E-state index contributed by atoms with van der Waals surface area (Å²) >= 11 is 0. The Kier molecular flexibility index (Phi) is 64.6. The van der Waals surface area contributed by atoms with Crippen LogP contribution in [0.15, 0.2) is 60.8 Å². The van der Waals surface area contributed by atoms with Crippen LogP contribution < -0.4 is 0 Å². The lowest BCUT2D eigenvalue weighted by atomic mass is 10.0. The second kappa shape index (κ2) is 66.9. The average Bonchev–Trinajstić information content (AvgIpc) is 3.49. The molecule has 0 radical (unpaired) electrons. The van der Waals surface area contributed by atoms with E-state index in [2.05, 4.69) is 74.6 Å². The quantitative estimate of drug-likeness (QED) is 0.0211. The number of carbonyl (C=O) groups is 3. The molecule has 0 aliphatic rings. The Morgan fingerprint density at radius 1 is 0.353 bits per heavy atom. The molecule has 9 heteroatoms. The van der Waals surface area contributed by atoms with Gasteiger partial charge in [0, 0.05) is 12.8 Å². The molecule has 496 valence electrons. The van der Waals surface area contributed by atoms with Gasteiger partial charge < -0.3 is 28.5 Å². The number of unbranched alkanes of at least 4 members (excludes halogenated alkanes) is 43. The number of carboxylic acids is 1. The Bertz CT molecular complexity index is 1580. The summed E-state index contributed by atoms with van der Waals surface area (Å²) in [7, 11) is 5.99. The van der Waals surface area contributed by atoms with Gasteiger partial charge in [0.15, 0.2) is 6.10 Å². The number of esters is 2. The molecule has 0 aromatic carbocycles. The van der Waals surface area contributed by atoms with Gasteiger partial charge in [0.25, 0.3) is 6.29 Å². The fraction of sp³-hybridized carbons (Fsp3) is 0.829. The van der Waals surface area contributed by atoms with Gasteiger partial charge in [-0.05, 0) is 83.5 Å². The first kappa shape index (κ1) is 82.0. The minimum absolute atomic E-state index is 0.179. The topological polar surface area (TPSA) is 108 Å². The Morgan fingerprint density at radius 2 is 0.635 bits per heavy atom. The van der Waals surface area contributed by atoms with Crippen molar-refractivity contribution in [3.63, 3.8) is 0 Å². The molecule has 0 fully saturated rings. The lowest BCUT2D eigenvalue weighted by Crippen LogP contribution is -2.40. The molecule has 85 heavy (non-hydrogen) atoms. The predicted octanol–water partition coefficient (Wildman–Crippen LogP) is 22.7. The van der Waals surface area contributed by atoms with E-state index in [1.54, 1.807) is 0 Å². The first-order valence-electron chi connectivity index (χ1n) is 36.5. The summed E-state index contributed by atoms with van der Waals surface area (Å²) < 4.78 is 23.0. The number of hydrogen-bond acceptors (Lipinski definition) is 7. The molecule has 0 aromatic rings. The zero-order valence-corrected chi connectivity index (χ0v) is 56.8. The van der Waals surface area contributed by atoms with Crippen LogP contribution >= 0.6 is 0 Å². The number of allylic oxidation sites excluding steroid dienone is 10. The highest BCUT2D eigenvalue weighted by molar-refractivity contribution is 5.71. The minimum atomic E-state index is -1.51. The minimum Gasteiger partial charge on any atom is -0.477 e. The van der Waals surface area contributed by atoms with Gasteiger partial charge in [-0.15, -0.1) is 0 Å². The normalized spacial score (nSPS) is 13.0. The summed E-state index contributed by atoms with van der Waals surface area (Å²) in [5, 5.41) is 9.75.